The minimum atomic E-state index is -4.42. The van der Waals surface area contributed by atoms with E-state index in [1.807, 2.05) is 0 Å². The van der Waals surface area contributed by atoms with E-state index in [-0.39, 0.29) is 18.9 Å². The number of aliphatic hydroxyl groups excluding tert-OH is 1. The first kappa shape index (κ1) is 19.7. The number of ether oxygens (including phenoxy) is 1. The zero-order chi connectivity index (χ0) is 18.5. The molecule has 7 heteroatoms. The molecular weight excluding hydrogens is 335 g/mol. The van der Waals surface area contributed by atoms with E-state index in [1.165, 1.54) is 12.1 Å². The molecule has 0 aromatic heterocycles. The lowest BCUT2D eigenvalue weighted by Gasteiger charge is -2.42. The zero-order valence-electron chi connectivity index (χ0n) is 14.3. The summed E-state index contributed by atoms with van der Waals surface area (Å²) < 4.78 is 43.5. The molecule has 0 unspecified atom stereocenters. The van der Waals surface area contributed by atoms with Gasteiger partial charge in [0.25, 0.3) is 0 Å². The van der Waals surface area contributed by atoms with Crippen molar-refractivity contribution in [1.82, 2.24) is 4.90 Å². The number of likely N-dealkylation sites (tertiary alicyclic amines) is 1. The average Bonchev–Trinajstić information content (AvgIpc) is 2.59. The second-order valence-corrected chi connectivity index (χ2v) is 6.69. The summed E-state index contributed by atoms with van der Waals surface area (Å²) >= 11 is 0. The molecule has 1 aliphatic heterocycles. The van der Waals surface area contributed by atoms with Crippen LogP contribution in [0.2, 0.25) is 0 Å². The van der Waals surface area contributed by atoms with Crippen molar-refractivity contribution in [3.05, 3.63) is 35.4 Å². The first-order valence-corrected chi connectivity index (χ1v) is 8.33. The first-order valence-electron chi connectivity index (χ1n) is 8.33. The van der Waals surface area contributed by atoms with Crippen molar-refractivity contribution in [3.63, 3.8) is 0 Å². The van der Waals surface area contributed by atoms with Crippen LogP contribution in [0.4, 0.5) is 13.2 Å². The Bertz CT molecular complexity index is 591. The monoisotopic (exact) mass is 359 g/mol. The van der Waals surface area contributed by atoms with Crippen LogP contribution in [-0.2, 0) is 22.1 Å². The number of aliphatic hydroxyl groups is 1. The van der Waals surface area contributed by atoms with E-state index in [1.54, 1.807) is 12.0 Å². The molecular formula is C18H24F3NO3. The average molecular weight is 359 g/mol. The lowest BCUT2D eigenvalue weighted by atomic mass is 9.78. The number of amides is 1. The van der Waals surface area contributed by atoms with Crippen LogP contribution in [-0.4, -0.2) is 49.3 Å². The molecule has 0 spiro atoms. The van der Waals surface area contributed by atoms with Crippen LogP contribution in [0.3, 0.4) is 0 Å². The van der Waals surface area contributed by atoms with Gasteiger partial charge in [0, 0.05) is 32.2 Å². The number of rotatable bonds is 6. The molecule has 1 N–H and O–H groups in total. The van der Waals surface area contributed by atoms with Crippen molar-refractivity contribution in [2.45, 2.75) is 31.9 Å². The number of alkyl halides is 3. The van der Waals surface area contributed by atoms with Gasteiger partial charge in [-0.2, -0.15) is 13.2 Å². The Morgan fingerprint density at radius 2 is 2.16 bits per heavy atom. The predicted octanol–water partition coefficient (Wildman–Crippen LogP) is 2.89. The molecule has 25 heavy (non-hydrogen) atoms. The number of hydrogen-bond donors (Lipinski definition) is 1. The van der Waals surface area contributed by atoms with Gasteiger partial charge in [0.05, 0.1) is 18.6 Å². The quantitative estimate of drug-likeness (QED) is 0.850. The number of benzene rings is 1. The fourth-order valence-electron chi connectivity index (χ4n) is 3.30. The Kier molecular flexibility index (Phi) is 6.46. The van der Waals surface area contributed by atoms with Crippen molar-refractivity contribution in [1.29, 1.82) is 0 Å². The summed E-state index contributed by atoms with van der Waals surface area (Å²) in [5.41, 5.74) is -0.796. The third-order valence-electron chi connectivity index (χ3n) is 4.80. The highest BCUT2D eigenvalue weighted by atomic mass is 19.4. The van der Waals surface area contributed by atoms with Gasteiger partial charge in [0.2, 0.25) is 5.91 Å². The van der Waals surface area contributed by atoms with Crippen molar-refractivity contribution >= 4 is 5.91 Å². The van der Waals surface area contributed by atoms with E-state index in [0.29, 0.717) is 31.7 Å². The van der Waals surface area contributed by atoms with E-state index in [2.05, 4.69) is 0 Å². The van der Waals surface area contributed by atoms with Crippen molar-refractivity contribution in [2.75, 3.05) is 33.4 Å². The Labute approximate surface area is 145 Å². The second kappa shape index (κ2) is 8.19. The van der Waals surface area contributed by atoms with Gasteiger partial charge >= 0.3 is 6.18 Å². The number of hydrogen-bond acceptors (Lipinski definition) is 3. The third kappa shape index (κ3) is 5.19. The SMILES string of the molecule is COCC[C@@]1(CO)CCCN(C(=O)Cc2cccc(C(F)(F)F)c2)C1. The summed E-state index contributed by atoms with van der Waals surface area (Å²) in [6.45, 7) is 1.43. The molecule has 1 amide bonds. The maximum absolute atomic E-state index is 12.8. The molecule has 0 aliphatic carbocycles. The normalized spacial score (nSPS) is 21.4. The maximum atomic E-state index is 12.8. The van der Waals surface area contributed by atoms with Crippen LogP contribution in [0, 0.1) is 5.41 Å². The van der Waals surface area contributed by atoms with Gasteiger partial charge in [-0.3, -0.25) is 4.79 Å². The number of carbonyl (C=O) groups excluding carboxylic acids is 1. The Hall–Kier alpha value is -1.60. The fraction of sp³-hybridized carbons (Fsp3) is 0.611. The van der Waals surface area contributed by atoms with E-state index in [4.69, 9.17) is 4.74 Å². The van der Waals surface area contributed by atoms with Crippen LogP contribution in [0.25, 0.3) is 0 Å². The molecule has 4 nitrogen and oxygen atoms in total. The van der Waals surface area contributed by atoms with Crippen LogP contribution < -0.4 is 0 Å². The summed E-state index contributed by atoms with van der Waals surface area (Å²) in [5.74, 6) is -0.214. The van der Waals surface area contributed by atoms with Gasteiger partial charge in [-0.15, -0.1) is 0 Å². The molecule has 0 radical (unpaired) electrons. The summed E-state index contributed by atoms with van der Waals surface area (Å²) in [6.07, 6.45) is -2.28. The minimum Gasteiger partial charge on any atom is -0.396 e. The van der Waals surface area contributed by atoms with E-state index in [0.717, 1.165) is 25.0 Å². The van der Waals surface area contributed by atoms with Gasteiger partial charge < -0.3 is 14.7 Å². The van der Waals surface area contributed by atoms with Gasteiger partial charge in [-0.05, 0) is 30.9 Å². The number of methoxy groups -OCH3 is 1. The molecule has 1 atom stereocenters. The summed E-state index contributed by atoms with van der Waals surface area (Å²) in [6, 6.07) is 4.86. The lowest BCUT2D eigenvalue weighted by Crippen LogP contribution is -2.48. The molecule has 1 heterocycles. The van der Waals surface area contributed by atoms with Gasteiger partial charge in [-0.25, -0.2) is 0 Å². The lowest BCUT2D eigenvalue weighted by molar-refractivity contribution is -0.138. The Morgan fingerprint density at radius 3 is 2.80 bits per heavy atom. The third-order valence-corrected chi connectivity index (χ3v) is 4.80. The zero-order valence-corrected chi connectivity index (χ0v) is 14.3. The molecule has 1 aromatic rings. The molecule has 140 valence electrons. The molecule has 1 aliphatic rings. The molecule has 2 rings (SSSR count). The summed E-state index contributed by atoms with van der Waals surface area (Å²) in [4.78, 5) is 14.2. The van der Waals surface area contributed by atoms with Crippen LogP contribution in [0.15, 0.2) is 24.3 Å². The highest BCUT2D eigenvalue weighted by Crippen LogP contribution is 2.34. The van der Waals surface area contributed by atoms with Crippen LogP contribution in [0.5, 0.6) is 0 Å². The highest BCUT2D eigenvalue weighted by Gasteiger charge is 2.36. The van der Waals surface area contributed by atoms with Crippen molar-refractivity contribution in [2.24, 2.45) is 5.41 Å². The second-order valence-electron chi connectivity index (χ2n) is 6.69. The van der Waals surface area contributed by atoms with Gasteiger partial charge in [0.1, 0.15) is 0 Å². The van der Waals surface area contributed by atoms with Crippen LogP contribution in [0.1, 0.15) is 30.4 Å². The van der Waals surface area contributed by atoms with Gasteiger partial charge in [-0.1, -0.05) is 18.2 Å². The summed E-state index contributed by atoms with van der Waals surface area (Å²) in [7, 11) is 1.59. The number of halogens is 3. The van der Waals surface area contributed by atoms with E-state index >= 15 is 0 Å². The van der Waals surface area contributed by atoms with Crippen LogP contribution >= 0.6 is 0 Å². The topological polar surface area (TPSA) is 49.8 Å². The van der Waals surface area contributed by atoms with E-state index in [9.17, 15) is 23.1 Å². The number of nitrogens with zero attached hydrogens (tertiary/aromatic N) is 1. The standard InChI is InChI=1S/C18H24F3NO3/c1-25-9-7-17(13-23)6-3-8-22(12-17)16(24)11-14-4-2-5-15(10-14)18(19,20)21/h2,4-5,10,23H,3,6-9,11-13H2,1H3/t17-/m0/s1. The van der Waals surface area contributed by atoms with E-state index < -0.39 is 17.2 Å². The van der Waals surface area contributed by atoms with Gasteiger partial charge in [0.15, 0.2) is 0 Å². The first-order chi connectivity index (χ1) is 11.8. The molecule has 1 saturated heterocycles. The molecule has 1 aromatic carbocycles. The van der Waals surface area contributed by atoms with Crippen molar-refractivity contribution < 1.29 is 27.8 Å². The molecule has 0 bridgehead atoms. The highest BCUT2D eigenvalue weighted by molar-refractivity contribution is 5.79. The smallest absolute Gasteiger partial charge is 0.396 e. The van der Waals surface area contributed by atoms with Crippen molar-refractivity contribution in [3.8, 4) is 0 Å². The number of piperidine rings is 1. The maximum Gasteiger partial charge on any atom is 0.416 e. The predicted molar refractivity (Wildman–Crippen MR) is 87.0 cm³/mol. The molecule has 1 fully saturated rings. The fourth-order valence-corrected chi connectivity index (χ4v) is 3.30. The largest absolute Gasteiger partial charge is 0.416 e. The molecule has 0 saturated carbocycles. The Balaban J connectivity index is 2.05. The minimum absolute atomic E-state index is 0.0380. The number of carbonyl (C=O) groups is 1. The summed E-state index contributed by atoms with van der Waals surface area (Å²) in [5, 5.41) is 9.76. The Morgan fingerprint density at radius 1 is 1.40 bits per heavy atom.